The minimum atomic E-state index is -3.82. The van der Waals surface area contributed by atoms with E-state index in [1.807, 2.05) is 0 Å². The predicted molar refractivity (Wildman–Crippen MR) is 131 cm³/mol. The van der Waals surface area contributed by atoms with E-state index in [1.165, 1.54) is 17.0 Å². The molecule has 204 valence electrons. The molecule has 0 spiro atoms. The van der Waals surface area contributed by atoms with E-state index in [0.29, 0.717) is 5.69 Å². The summed E-state index contributed by atoms with van der Waals surface area (Å²) in [4.78, 5) is 22.8. The summed E-state index contributed by atoms with van der Waals surface area (Å²) in [5, 5.41) is 14.5. The van der Waals surface area contributed by atoms with Crippen LogP contribution in [0.5, 0.6) is 5.88 Å². The minimum absolute atomic E-state index is 0.0119. The van der Waals surface area contributed by atoms with Crippen LogP contribution in [0.4, 0.5) is 13.6 Å². The number of carbonyl (C=O) groups is 1. The number of aliphatic hydroxyl groups is 1. The van der Waals surface area contributed by atoms with Crippen LogP contribution < -0.4 is 9.88 Å². The molecule has 0 saturated carbocycles. The van der Waals surface area contributed by atoms with Crippen LogP contribution in [-0.2, 0) is 27.1 Å². The zero-order chi connectivity index (χ0) is 27.2. The van der Waals surface area contributed by atoms with Crippen molar-refractivity contribution in [2.75, 3.05) is 39.4 Å². The van der Waals surface area contributed by atoms with E-state index in [4.69, 9.17) is 19.7 Å². The Hall–Kier alpha value is -2.59. The number of aromatic nitrogens is 2. The highest BCUT2D eigenvalue weighted by molar-refractivity contribution is 7.98. The first-order chi connectivity index (χ1) is 17.4. The Labute approximate surface area is 218 Å². The number of ether oxygens (including phenoxy) is 2. The van der Waals surface area contributed by atoms with Gasteiger partial charge in [0.1, 0.15) is 12.2 Å². The van der Waals surface area contributed by atoms with Crippen molar-refractivity contribution in [2.45, 2.75) is 36.8 Å². The quantitative estimate of drug-likeness (QED) is 0.327. The van der Waals surface area contributed by atoms with Gasteiger partial charge in [-0.3, -0.25) is 0 Å². The maximum absolute atomic E-state index is 14.0. The first-order valence-electron chi connectivity index (χ1n) is 11.3. The molecule has 1 aliphatic heterocycles. The summed E-state index contributed by atoms with van der Waals surface area (Å²) < 4.78 is 62.7. The van der Waals surface area contributed by atoms with Gasteiger partial charge in [0.25, 0.3) is 10.2 Å². The van der Waals surface area contributed by atoms with Gasteiger partial charge in [-0.15, -0.1) is 0 Å². The minimum Gasteiger partial charge on any atom is -0.475 e. The third-order valence-corrected chi connectivity index (χ3v) is 7.27. The first kappa shape index (κ1) is 29.0. The average molecular weight is 562 g/mol. The molecule has 37 heavy (non-hydrogen) atoms. The lowest BCUT2D eigenvalue weighted by atomic mass is 10.0. The summed E-state index contributed by atoms with van der Waals surface area (Å²) in [5.41, 5.74) is -0.413. The molecule has 0 unspecified atom stereocenters. The van der Waals surface area contributed by atoms with Crippen molar-refractivity contribution in [3.8, 4) is 5.88 Å². The molecule has 15 heteroatoms. The lowest BCUT2D eigenvalue weighted by molar-refractivity contribution is 0.00823. The SMILES string of the molecule is CC(C)(Cc1cc(OCCO)nc(SCc2cccc(F)c2F)n1)OC(=O)N1CCN(S(N)(=O)=O)CC1. The van der Waals surface area contributed by atoms with E-state index in [-0.39, 0.29) is 68.2 Å². The zero-order valence-corrected chi connectivity index (χ0v) is 22.0. The zero-order valence-electron chi connectivity index (χ0n) is 20.4. The second-order valence-electron chi connectivity index (χ2n) is 8.79. The highest BCUT2D eigenvalue weighted by Crippen LogP contribution is 2.26. The summed E-state index contributed by atoms with van der Waals surface area (Å²) in [6.07, 6.45) is -0.448. The molecule has 0 radical (unpaired) electrons. The molecule has 0 atom stereocenters. The Bertz CT molecular complexity index is 1210. The Morgan fingerprint density at radius 2 is 1.92 bits per heavy atom. The number of piperazine rings is 1. The molecular formula is C22H29F2N5O6S2. The van der Waals surface area contributed by atoms with E-state index < -0.39 is 33.5 Å². The maximum atomic E-state index is 14.0. The van der Waals surface area contributed by atoms with E-state index in [9.17, 15) is 22.0 Å². The van der Waals surface area contributed by atoms with Crippen LogP contribution in [0.15, 0.2) is 29.4 Å². The number of rotatable bonds is 10. The molecule has 2 aromatic rings. The number of nitrogens with zero attached hydrogens (tertiary/aromatic N) is 4. The molecule has 0 aliphatic carbocycles. The molecule has 11 nitrogen and oxygen atoms in total. The summed E-state index contributed by atoms with van der Waals surface area (Å²) in [6.45, 7) is 3.54. The summed E-state index contributed by atoms with van der Waals surface area (Å²) >= 11 is 1.07. The van der Waals surface area contributed by atoms with Gasteiger partial charge >= 0.3 is 6.09 Å². The van der Waals surface area contributed by atoms with Gasteiger partial charge < -0.3 is 19.5 Å². The molecule has 1 aromatic carbocycles. The largest absolute Gasteiger partial charge is 0.475 e. The number of carbonyl (C=O) groups excluding carboxylic acids is 1. The molecule has 3 N–H and O–H groups in total. The van der Waals surface area contributed by atoms with Crippen LogP contribution in [0.2, 0.25) is 0 Å². The Morgan fingerprint density at radius 3 is 2.57 bits per heavy atom. The van der Waals surface area contributed by atoms with Gasteiger partial charge in [0.2, 0.25) is 5.88 Å². The number of nitrogens with two attached hydrogens (primary N) is 1. The van der Waals surface area contributed by atoms with Gasteiger partial charge in [-0.1, -0.05) is 23.9 Å². The number of hydrogen-bond acceptors (Lipinski definition) is 9. The van der Waals surface area contributed by atoms with E-state index in [0.717, 1.165) is 22.1 Å². The van der Waals surface area contributed by atoms with E-state index in [2.05, 4.69) is 9.97 Å². The van der Waals surface area contributed by atoms with Gasteiger partial charge in [-0.2, -0.15) is 17.7 Å². The number of aliphatic hydroxyl groups excluding tert-OH is 1. The normalized spacial score (nSPS) is 15.0. The third-order valence-electron chi connectivity index (χ3n) is 5.29. The van der Waals surface area contributed by atoms with Gasteiger partial charge in [-0.05, 0) is 19.9 Å². The van der Waals surface area contributed by atoms with Gasteiger partial charge in [0.05, 0.1) is 12.3 Å². The van der Waals surface area contributed by atoms with Crippen molar-refractivity contribution in [2.24, 2.45) is 5.14 Å². The highest BCUT2D eigenvalue weighted by Gasteiger charge is 2.31. The average Bonchev–Trinajstić information content (AvgIpc) is 2.82. The lowest BCUT2D eigenvalue weighted by Gasteiger charge is -2.35. The fraction of sp³-hybridized carbons (Fsp3) is 0.500. The third kappa shape index (κ3) is 8.46. The van der Waals surface area contributed by atoms with Crippen LogP contribution in [0, 0.1) is 11.6 Å². The van der Waals surface area contributed by atoms with Crippen molar-refractivity contribution >= 4 is 28.1 Å². The monoisotopic (exact) mass is 561 g/mol. The second-order valence-corrected chi connectivity index (χ2v) is 11.3. The van der Waals surface area contributed by atoms with Crippen molar-refractivity contribution in [3.05, 3.63) is 47.2 Å². The van der Waals surface area contributed by atoms with Crippen LogP contribution in [0.1, 0.15) is 25.1 Å². The second kappa shape index (κ2) is 12.3. The first-order valence-corrected chi connectivity index (χ1v) is 13.8. The molecule has 0 bridgehead atoms. The van der Waals surface area contributed by atoms with Crippen LogP contribution in [-0.4, -0.2) is 83.8 Å². The molecule has 2 heterocycles. The number of amides is 1. The smallest absolute Gasteiger partial charge is 0.410 e. The Morgan fingerprint density at radius 1 is 1.22 bits per heavy atom. The van der Waals surface area contributed by atoms with E-state index >= 15 is 0 Å². The lowest BCUT2D eigenvalue weighted by Crippen LogP contribution is -2.53. The summed E-state index contributed by atoms with van der Waals surface area (Å²) in [6, 6.07) is 5.45. The standard InChI is InChI=1S/C22H29F2N5O6S2/c1-22(2,35-21(31)28-6-8-29(9-7-28)37(25,32)33)13-16-12-18(34-11-10-30)27-20(26-16)36-14-15-4-3-5-17(23)19(15)24/h3-5,12,30H,6-11,13-14H2,1-2H3,(H2,25,32,33). The maximum Gasteiger partial charge on any atom is 0.410 e. The predicted octanol–water partition coefficient (Wildman–Crippen LogP) is 1.70. The number of thioether (sulfide) groups is 1. The van der Waals surface area contributed by atoms with Gasteiger partial charge in [0.15, 0.2) is 16.8 Å². The Kier molecular flexibility index (Phi) is 9.63. The van der Waals surface area contributed by atoms with Crippen molar-refractivity contribution in [1.82, 2.24) is 19.2 Å². The van der Waals surface area contributed by atoms with Crippen LogP contribution >= 0.6 is 11.8 Å². The molecule has 3 rings (SSSR count). The van der Waals surface area contributed by atoms with Crippen molar-refractivity contribution in [3.63, 3.8) is 0 Å². The fourth-order valence-corrected chi connectivity index (χ4v) is 5.05. The summed E-state index contributed by atoms with van der Waals surface area (Å²) in [7, 11) is -3.82. The molecule has 1 fully saturated rings. The molecular weight excluding hydrogens is 532 g/mol. The van der Waals surface area contributed by atoms with Crippen LogP contribution in [0.25, 0.3) is 0 Å². The fourth-order valence-electron chi connectivity index (χ4n) is 3.53. The van der Waals surface area contributed by atoms with Crippen molar-refractivity contribution in [1.29, 1.82) is 0 Å². The molecule has 1 amide bonds. The highest BCUT2D eigenvalue weighted by atomic mass is 32.2. The molecule has 1 aliphatic rings. The van der Waals surface area contributed by atoms with E-state index in [1.54, 1.807) is 19.9 Å². The van der Waals surface area contributed by atoms with Crippen molar-refractivity contribution < 1.29 is 36.6 Å². The Balaban J connectivity index is 1.68. The summed E-state index contributed by atoms with van der Waals surface area (Å²) in [5.74, 6) is -1.66. The van der Waals surface area contributed by atoms with Gasteiger partial charge in [-0.25, -0.2) is 23.7 Å². The van der Waals surface area contributed by atoms with Crippen LogP contribution in [0.3, 0.4) is 0 Å². The number of hydrogen-bond donors (Lipinski definition) is 2. The molecule has 1 aromatic heterocycles. The van der Waals surface area contributed by atoms with Gasteiger partial charge in [0, 0.05) is 50.0 Å². The molecule has 1 saturated heterocycles. The number of halogens is 2. The number of benzene rings is 1. The topological polar surface area (TPSA) is 148 Å².